The van der Waals surface area contributed by atoms with Gasteiger partial charge in [-0.15, -0.1) is 11.3 Å². The molecule has 2 heterocycles. The Bertz CT molecular complexity index is 1290. The number of benzene rings is 3. The number of rotatable bonds is 11. The van der Waals surface area contributed by atoms with E-state index in [4.69, 9.17) is 0 Å². The molecule has 7 heteroatoms. The molecule has 206 valence electrons. The molecule has 1 fully saturated rings. The van der Waals surface area contributed by atoms with Gasteiger partial charge in [-0.2, -0.15) is 13.2 Å². The lowest BCUT2D eigenvalue weighted by Crippen LogP contribution is -2.58. The van der Waals surface area contributed by atoms with E-state index in [1.165, 1.54) is 21.2 Å². The second kappa shape index (κ2) is 13.1. The lowest BCUT2D eigenvalue weighted by molar-refractivity contribution is -0.178. The molecule has 39 heavy (non-hydrogen) atoms. The number of nitrogens with one attached hydrogen (secondary N) is 2. The van der Waals surface area contributed by atoms with Gasteiger partial charge in [-0.1, -0.05) is 78.9 Å². The molecule has 3 atom stereocenters. The number of alkyl halides is 3. The van der Waals surface area contributed by atoms with Gasteiger partial charge < -0.3 is 10.6 Å². The second-order valence-corrected chi connectivity index (χ2v) is 11.2. The topological polar surface area (TPSA) is 27.3 Å². The van der Waals surface area contributed by atoms with Crippen molar-refractivity contribution in [3.8, 4) is 0 Å². The maximum Gasteiger partial charge on any atom is 0.405 e. The zero-order valence-corrected chi connectivity index (χ0v) is 22.9. The van der Waals surface area contributed by atoms with Crippen molar-refractivity contribution in [2.45, 2.75) is 43.4 Å². The van der Waals surface area contributed by atoms with Gasteiger partial charge >= 0.3 is 6.18 Å². The summed E-state index contributed by atoms with van der Waals surface area (Å²) >= 11 is 1.80. The smallest absolute Gasteiger partial charge is 0.317 e. The standard InChI is InChI=1S/C32H36F3N3S/c33-32(34,35)31-30(25-11-2-1-3-12-25)38(22-20-37-31)21-7-6-18-36-19-17-28(29-16-9-23-39-29)27-15-8-13-24-10-4-5-14-26(24)27/h1-5,8-16,23,28,30-31,36-37H,6-7,17-22H2. The molecule has 1 saturated heterocycles. The van der Waals surface area contributed by atoms with E-state index in [-0.39, 0.29) is 0 Å². The van der Waals surface area contributed by atoms with Crippen LogP contribution in [0.15, 0.2) is 90.3 Å². The van der Waals surface area contributed by atoms with E-state index in [9.17, 15) is 13.2 Å². The van der Waals surface area contributed by atoms with Crippen LogP contribution >= 0.6 is 11.3 Å². The van der Waals surface area contributed by atoms with E-state index in [0.29, 0.717) is 25.6 Å². The molecule has 0 amide bonds. The number of halogens is 3. The van der Waals surface area contributed by atoms with Gasteiger partial charge in [-0.05, 0) is 72.2 Å². The van der Waals surface area contributed by atoms with Crippen molar-refractivity contribution in [2.75, 3.05) is 32.7 Å². The molecule has 0 radical (unpaired) electrons. The quantitative estimate of drug-likeness (QED) is 0.191. The van der Waals surface area contributed by atoms with Crippen LogP contribution in [-0.2, 0) is 0 Å². The highest BCUT2D eigenvalue weighted by Gasteiger charge is 2.48. The summed E-state index contributed by atoms with van der Waals surface area (Å²) in [6.45, 7) is 3.38. The summed E-state index contributed by atoms with van der Waals surface area (Å²) in [6, 6.07) is 26.3. The Balaban J connectivity index is 1.14. The summed E-state index contributed by atoms with van der Waals surface area (Å²) in [6.07, 6.45) is -1.50. The molecule has 5 rings (SSSR count). The van der Waals surface area contributed by atoms with Crippen molar-refractivity contribution in [3.05, 3.63) is 106 Å². The predicted molar refractivity (Wildman–Crippen MR) is 155 cm³/mol. The fraction of sp³-hybridized carbons (Fsp3) is 0.375. The Morgan fingerprint density at radius 2 is 1.69 bits per heavy atom. The first-order valence-electron chi connectivity index (χ1n) is 13.8. The number of piperazine rings is 1. The molecule has 1 aliphatic rings. The van der Waals surface area contributed by atoms with E-state index in [2.05, 4.69) is 70.6 Å². The fourth-order valence-electron chi connectivity index (χ4n) is 5.86. The monoisotopic (exact) mass is 551 g/mol. The number of hydrogen-bond acceptors (Lipinski definition) is 4. The first-order valence-corrected chi connectivity index (χ1v) is 14.7. The lowest BCUT2D eigenvalue weighted by Gasteiger charge is -2.43. The molecule has 0 spiro atoms. The minimum absolute atomic E-state index is 0.329. The van der Waals surface area contributed by atoms with Crippen LogP contribution in [-0.4, -0.2) is 49.8 Å². The number of fused-ring (bicyclic) bond motifs is 1. The zero-order chi connectivity index (χ0) is 27.1. The molecule has 3 aromatic carbocycles. The minimum Gasteiger partial charge on any atom is -0.317 e. The van der Waals surface area contributed by atoms with Crippen molar-refractivity contribution in [3.63, 3.8) is 0 Å². The largest absolute Gasteiger partial charge is 0.405 e. The first kappa shape index (κ1) is 27.8. The third kappa shape index (κ3) is 6.90. The number of hydrogen-bond donors (Lipinski definition) is 2. The van der Waals surface area contributed by atoms with Gasteiger partial charge in [-0.25, -0.2) is 0 Å². The number of unbranched alkanes of at least 4 members (excludes halogenated alkanes) is 1. The minimum atomic E-state index is -4.29. The highest BCUT2D eigenvalue weighted by molar-refractivity contribution is 7.10. The maximum absolute atomic E-state index is 13.9. The fourth-order valence-corrected chi connectivity index (χ4v) is 6.74. The van der Waals surface area contributed by atoms with Gasteiger partial charge in [0.15, 0.2) is 0 Å². The van der Waals surface area contributed by atoms with Gasteiger partial charge in [0.05, 0.1) is 6.04 Å². The van der Waals surface area contributed by atoms with E-state index < -0.39 is 18.3 Å². The van der Waals surface area contributed by atoms with E-state index in [1.54, 1.807) is 11.3 Å². The molecular weight excluding hydrogens is 515 g/mol. The second-order valence-electron chi connectivity index (χ2n) is 10.2. The first-order chi connectivity index (χ1) is 19.0. The van der Waals surface area contributed by atoms with Crippen molar-refractivity contribution < 1.29 is 13.2 Å². The Morgan fingerprint density at radius 3 is 2.49 bits per heavy atom. The van der Waals surface area contributed by atoms with Crippen LogP contribution in [0.4, 0.5) is 13.2 Å². The van der Waals surface area contributed by atoms with E-state index >= 15 is 0 Å². The van der Waals surface area contributed by atoms with Gasteiger partial charge in [0, 0.05) is 23.9 Å². The van der Waals surface area contributed by atoms with Crippen LogP contribution in [0.2, 0.25) is 0 Å². The van der Waals surface area contributed by atoms with Gasteiger partial charge in [-0.3, -0.25) is 4.90 Å². The normalized spacial score (nSPS) is 19.4. The molecule has 1 aromatic heterocycles. The summed E-state index contributed by atoms with van der Waals surface area (Å²) in [4.78, 5) is 3.38. The zero-order valence-electron chi connectivity index (χ0n) is 22.0. The third-order valence-corrected chi connectivity index (χ3v) is 8.70. The highest BCUT2D eigenvalue weighted by atomic mass is 32.1. The number of nitrogens with zero attached hydrogens (tertiary/aromatic N) is 1. The van der Waals surface area contributed by atoms with Crippen molar-refractivity contribution in [1.82, 2.24) is 15.5 Å². The summed E-state index contributed by atoms with van der Waals surface area (Å²) in [7, 11) is 0. The SMILES string of the molecule is FC(F)(F)C1NCCN(CCCCNCCC(c2cccs2)c2cccc3ccccc23)C1c1ccccc1. The lowest BCUT2D eigenvalue weighted by atomic mass is 9.90. The summed E-state index contributed by atoms with van der Waals surface area (Å²) < 4.78 is 41.6. The van der Waals surface area contributed by atoms with E-state index in [1.807, 2.05) is 35.2 Å². The summed E-state index contributed by atoms with van der Waals surface area (Å²) in [5.41, 5.74) is 2.08. The highest BCUT2D eigenvalue weighted by Crippen LogP contribution is 2.37. The molecule has 0 saturated carbocycles. The van der Waals surface area contributed by atoms with Crippen LogP contribution < -0.4 is 10.6 Å². The molecule has 3 unspecified atom stereocenters. The average Bonchev–Trinajstić information content (AvgIpc) is 3.49. The summed E-state index contributed by atoms with van der Waals surface area (Å²) in [5.74, 6) is 0.329. The number of thiophene rings is 1. The molecule has 3 nitrogen and oxygen atoms in total. The van der Waals surface area contributed by atoms with Crippen molar-refractivity contribution in [2.24, 2.45) is 0 Å². The van der Waals surface area contributed by atoms with Crippen LogP contribution in [0.3, 0.4) is 0 Å². The Hall–Kier alpha value is -2.71. The Morgan fingerprint density at radius 1 is 0.897 bits per heavy atom. The van der Waals surface area contributed by atoms with Gasteiger partial charge in [0.25, 0.3) is 0 Å². The Kier molecular flexibility index (Phi) is 9.35. The van der Waals surface area contributed by atoms with Crippen molar-refractivity contribution >= 4 is 22.1 Å². The summed E-state index contributed by atoms with van der Waals surface area (Å²) in [5, 5.41) is 11.0. The maximum atomic E-state index is 13.9. The third-order valence-electron chi connectivity index (χ3n) is 7.71. The van der Waals surface area contributed by atoms with E-state index in [0.717, 1.165) is 37.9 Å². The van der Waals surface area contributed by atoms with Crippen LogP contribution in [0, 0.1) is 0 Å². The molecule has 4 aromatic rings. The molecular formula is C32H36F3N3S. The molecule has 0 bridgehead atoms. The van der Waals surface area contributed by atoms with Crippen LogP contribution in [0.1, 0.15) is 47.2 Å². The molecule has 0 aliphatic carbocycles. The Labute approximate surface area is 233 Å². The molecule has 2 N–H and O–H groups in total. The predicted octanol–water partition coefficient (Wildman–Crippen LogP) is 7.37. The van der Waals surface area contributed by atoms with Crippen LogP contribution in [0.25, 0.3) is 10.8 Å². The average molecular weight is 552 g/mol. The van der Waals surface area contributed by atoms with Crippen molar-refractivity contribution in [1.29, 1.82) is 0 Å². The van der Waals surface area contributed by atoms with Gasteiger partial charge in [0.1, 0.15) is 6.04 Å². The van der Waals surface area contributed by atoms with Crippen LogP contribution in [0.5, 0.6) is 0 Å². The molecule has 1 aliphatic heterocycles. The van der Waals surface area contributed by atoms with Gasteiger partial charge in [0.2, 0.25) is 0 Å².